The standard InChI is InChI=1S/C20H24O/c1-4-5-17-6-8-18(9-7-17)14-19-10-12-20(13-11-19)21-15-16(2)3/h6-13H,2,4-5,14-15H2,1,3H3. The summed E-state index contributed by atoms with van der Waals surface area (Å²) in [6, 6.07) is 17.3. The topological polar surface area (TPSA) is 9.23 Å². The molecule has 0 fully saturated rings. The van der Waals surface area contributed by atoms with E-state index in [1.165, 1.54) is 23.1 Å². The van der Waals surface area contributed by atoms with Crippen molar-refractivity contribution in [1.29, 1.82) is 0 Å². The second kappa shape index (κ2) is 7.68. The van der Waals surface area contributed by atoms with Gasteiger partial charge in [-0.05, 0) is 54.2 Å². The summed E-state index contributed by atoms with van der Waals surface area (Å²) in [4.78, 5) is 0. The first-order valence-electron chi connectivity index (χ1n) is 7.61. The predicted octanol–water partition coefficient (Wildman–Crippen LogP) is 5.18. The number of hydrogen-bond donors (Lipinski definition) is 0. The van der Waals surface area contributed by atoms with E-state index in [1.54, 1.807) is 0 Å². The maximum Gasteiger partial charge on any atom is 0.119 e. The molecule has 0 aliphatic carbocycles. The van der Waals surface area contributed by atoms with Crippen molar-refractivity contribution < 1.29 is 4.74 Å². The monoisotopic (exact) mass is 280 g/mol. The van der Waals surface area contributed by atoms with Gasteiger partial charge >= 0.3 is 0 Å². The summed E-state index contributed by atoms with van der Waals surface area (Å²) < 4.78 is 5.62. The third-order valence-electron chi connectivity index (χ3n) is 3.38. The predicted molar refractivity (Wildman–Crippen MR) is 90.0 cm³/mol. The van der Waals surface area contributed by atoms with Crippen LogP contribution in [-0.2, 0) is 12.8 Å². The van der Waals surface area contributed by atoms with Crippen molar-refractivity contribution in [1.82, 2.24) is 0 Å². The molecule has 0 radical (unpaired) electrons. The second-order valence-electron chi connectivity index (χ2n) is 5.63. The second-order valence-corrected chi connectivity index (χ2v) is 5.63. The van der Waals surface area contributed by atoms with Crippen LogP contribution in [0.5, 0.6) is 5.75 Å². The van der Waals surface area contributed by atoms with Crippen LogP contribution in [0, 0.1) is 0 Å². The SMILES string of the molecule is C=C(C)COc1ccc(Cc2ccc(CCC)cc2)cc1. The van der Waals surface area contributed by atoms with Gasteiger partial charge in [0.1, 0.15) is 12.4 Å². The normalized spacial score (nSPS) is 10.4. The van der Waals surface area contributed by atoms with Crippen molar-refractivity contribution in [3.63, 3.8) is 0 Å². The first-order chi connectivity index (χ1) is 10.2. The Hall–Kier alpha value is -2.02. The van der Waals surface area contributed by atoms with Crippen molar-refractivity contribution in [3.8, 4) is 5.75 Å². The summed E-state index contributed by atoms with van der Waals surface area (Å²) in [7, 11) is 0. The van der Waals surface area contributed by atoms with Gasteiger partial charge in [-0.25, -0.2) is 0 Å². The molecule has 0 unspecified atom stereocenters. The molecule has 0 atom stereocenters. The zero-order chi connectivity index (χ0) is 15.1. The average molecular weight is 280 g/mol. The van der Waals surface area contributed by atoms with E-state index in [-0.39, 0.29) is 0 Å². The molecule has 0 amide bonds. The fourth-order valence-electron chi connectivity index (χ4n) is 2.26. The first kappa shape index (κ1) is 15.4. The maximum atomic E-state index is 5.62. The largest absolute Gasteiger partial charge is 0.489 e. The highest BCUT2D eigenvalue weighted by molar-refractivity contribution is 5.32. The van der Waals surface area contributed by atoms with E-state index >= 15 is 0 Å². The number of hydrogen-bond acceptors (Lipinski definition) is 1. The van der Waals surface area contributed by atoms with Crippen LogP contribution >= 0.6 is 0 Å². The average Bonchev–Trinajstić information content (AvgIpc) is 2.49. The van der Waals surface area contributed by atoms with Gasteiger partial charge in [-0.15, -0.1) is 0 Å². The van der Waals surface area contributed by atoms with E-state index in [0.29, 0.717) is 6.61 Å². The lowest BCUT2D eigenvalue weighted by Crippen LogP contribution is -1.97. The number of rotatable bonds is 7. The van der Waals surface area contributed by atoms with Crippen molar-refractivity contribution in [3.05, 3.63) is 77.4 Å². The molecule has 0 aliphatic heterocycles. The molecule has 110 valence electrons. The highest BCUT2D eigenvalue weighted by atomic mass is 16.5. The lowest BCUT2D eigenvalue weighted by atomic mass is 10.0. The van der Waals surface area contributed by atoms with Gasteiger partial charge in [0.05, 0.1) is 0 Å². The smallest absolute Gasteiger partial charge is 0.119 e. The van der Waals surface area contributed by atoms with Gasteiger partial charge in [-0.2, -0.15) is 0 Å². The zero-order valence-electron chi connectivity index (χ0n) is 13.1. The molecule has 0 N–H and O–H groups in total. The van der Waals surface area contributed by atoms with Crippen LogP contribution in [-0.4, -0.2) is 6.61 Å². The van der Waals surface area contributed by atoms with Crippen LogP contribution in [0.2, 0.25) is 0 Å². The van der Waals surface area contributed by atoms with E-state index in [4.69, 9.17) is 4.74 Å². The molecule has 2 aromatic rings. The van der Waals surface area contributed by atoms with E-state index in [1.807, 2.05) is 19.1 Å². The van der Waals surface area contributed by atoms with E-state index in [9.17, 15) is 0 Å². The van der Waals surface area contributed by atoms with Crippen molar-refractivity contribution in [2.45, 2.75) is 33.1 Å². The Labute approximate surface area is 128 Å². The minimum absolute atomic E-state index is 0.582. The quantitative estimate of drug-likeness (QED) is 0.635. The molecule has 0 aromatic heterocycles. The molecule has 0 saturated carbocycles. The molecule has 21 heavy (non-hydrogen) atoms. The third kappa shape index (κ3) is 5.11. The van der Waals surface area contributed by atoms with Crippen LogP contribution in [0.25, 0.3) is 0 Å². The number of benzene rings is 2. The van der Waals surface area contributed by atoms with Gasteiger partial charge in [-0.3, -0.25) is 0 Å². The third-order valence-corrected chi connectivity index (χ3v) is 3.38. The van der Waals surface area contributed by atoms with Crippen LogP contribution in [0.15, 0.2) is 60.7 Å². The summed E-state index contributed by atoms with van der Waals surface area (Å²) in [6.45, 7) is 8.60. The highest BCUT2D eigenvalue weighted by Crippen LogP contribution is 2.16. The van der Waals surface area contributed by atoms with E-state index < -0.39 is 0 Å². The van der Waals surface area contributed by atoms with Crippen LogP contribution in [0.3, 0.4) is 0 Å². The van der Waals surface area contributed by atoms with Crippen LogP contribution in [0.1, 0.15) is 37.0 Å². The van der Waals surface area contributed by atoms with Gasteiger partial charge in [-0.1, -0.05) is 56.3 Å². The molecular formula is C20H24O. The Bertz CT molecular complexity index is 564. The maximum absolute atomic E-state index is 5.62. The van der Waals surface area contributed by atoms with Gasteiger partial charge in [0, 0.05) is 0 Å². The molecule has 0 saturated heterocycles. The van der Waals surface area contributed by atoms with Gasteiger partial charge < -0.3 is 4.74 Å². The molecule has 2 rings (SSSR count). The zero-order valence-corrected chi connectivity index (χ0v) is 13.1. The van der Waals surface area contributed by atoms with Gasteiger partial charge in [0.2, 0.25) is 0 Å². The Kier molecular flexibility index (Phi) is 5.62. The van der Waals surface area contributed by atoms with Crippen LogP contribution in [0.4, 0.5) is 0 Å². The van der Waals surface area contributed by atoms with E-state index in [0.717, 1.165) is 24.2 Å². The molecule has 0 bridgehead atoms. The summed E-state index contributed by atoms with van der Waals surface area (Å²) in [5.74, 6) is 0.903. The van der Waals surface area contributed by atoms with Crippen LogP contribution < -0.4 is 4.74 Å². The molecule has 2 aromatic carbocycles. The minimum Gasteiger partial charge on any atom is -0.489 e. The Balaban J connectivity index is 1.94. The molecular weight excluding hydrogens is 256 g/mol. The summed E-state index contributed by atoms with van der Waals surface area (Å²) >= 11 is 0. The molecule has 1 nitrogen and oxygen atoms in total. The molecule has 0 aliphatic rings. The molecule has 1 heteroatoms. The Morgan fingerprint density at radius 2 is 1.43 bits per heavy atom. The lowest BCUT2D eigenvalue weighted by molar-refractivity contribution is 0.352. The van der Waals surface area contributed by atoms with Gasteiger partial charge in [0.25, 0.3) is 0 Å². The minimum atomic E-state index is 0.582. The first-order valence-corrected chi connectivity index (χ1v) is 7.61. The Morgan fingerprint density at radius 3 is 1.95 bits per heavy atom. The fraction of sp³-hybridized carbons (Fsp3) is 0.300. The highest BCUT2D eigenvalue weighted by Gasteiger charge is 1.99. The van der Waals surface area contributed by atoms with E-state index in [2.05, 4.69) is 49.9 Å². The molecule has 0 heterocycles. The lowest BCUT2D eigenvalue weighted by Gasteiger charge is -2.07. The summed E-state index contributed by atoms with van der Waals surface area (Å²) in [6.07, 6.45) is 3.33. The number of aryl methyl sites for hydroxylation is 1. The van der Waals surface area contributed by atoms with Crippen molar-refractivity contribution in [2.24, 2.45) is 0 Å². The summed E-state index contributed by atoms with van der Waals surface area (Å²) in [5.41, 5.74) is 5.11. The molecule has 0 spiro atoms. The van der Waals surface area contributed by atoms with Gasteiger partial charge in [0.15, 0.2) is 0 Å². The van der Waals surface area contributed by atoms with Crippen molar-refractivity contribution >= 4 is 0 Å². The number of ether oxygens (including phenoxy) is 1. The Morgan fingerprint density at radius 1 is 0.905 bits per heavy atom. The summed E-state index contributed by atoms with van der Waals surface area (Å²) in [5, 5.41) is 0. The fourth-order valence-corrected chi connectivity index (χ4v) is 2.26. The van der Waals surface area contributed by atoms with Crippen molar-refractivity contribution in [2.75, 3.05) is 6.61 Å².